The molecule has 13 rings (SSSR count). The molecule has 3 aliphatic rings. The van der Waals surface area contributed by atoms with Gasteiger partial charge in [-0.05, 0) is 108 Å². The molecule has 0 aliphatic carbocycles. The Morgan fingerprint density at radius 1 is 0.543 bits per heavy atom. The second-order valence-electron chi connectivity index (χ2n) is 25.8. The first-order valence-corrected chi connectivity index (χ1v) is 40.6. The fourth-order valence-electron chi connectivity index (χ4n) is 12.7. The molecule has 6 atom stereocenters. The number of aromatic amines is 3. The molecule has 0 radical (unpaired) electrons. The fourth-order valence-corrected chi connectivity index (χ4v) is 12.7. The van der Waals surface area contributed by atoms with Gasteiger partial charge in [-0.1, -0.05) is 119 Å². The molecule has 3 fully saturated rings. The number of nitrogens with zero attached hydrogens (tertiary/aromatic N) is 10. The monoisotopic (exact) mass is 1660 g/mol. The lowest BCUT2D eigenvalue weighted by molar-refractivity contribution is 0.0695. The van der Waals surface area contributed by atoms with E-state index < -0.39 is 55.6 Å². The number of H-pyrrole nitrogens is 3. The van der Waals surface area contributed by atoms with Crippen LogP contribution in [0.1, 0.15) is 129 Å². The van der Waals surface area contributed by atoms with Crippen LogP contribution < -0.4 is 27.7 Å². The van der Waals surface area contributed by atoms with Gasteiger partial charge in [0.2, 0.25) is 0 Å². The van der Waals surface area contributed by atoms with E-state index in [-0.39, 0.29) is 94.5 Å². The molecule has 4 aromatic heterocycles. The Morgan fingerprint density at radius 3 is 1.33 bits per heavy atom. The van der Waals surface area contributed by atoms with E-state index in [1.54, 1.807) is 6.92 Å². The number of likely N-dealkylation sites (tertiary alicyclic amines) is 3. The van der Waals surface area contributed by atoms with E-state index in [9.17, 15) is 54.9 Å². The first-order valence-electron chi connectivity index (χ1n) is 32.9. The number of halogens is 9. The number of aromatic carboxylic acids is 1. The molecule has 7 heterocycles. The van der Waals surface area contributed by atoms with Gasteiger partial charge in [0.05, 0.1) is 18.3 Å². The van der Waals surface area contributed by atoms with Crippen molar-refractivity contribution >= 4 is 67.1 Å². The van der Waals surface area contributed by atoms with Crippen molar-refractivity contribution < 1.29 is 45.6 Å². The maximum absolute atomic E-state index is 13.9. The summed E-state index contributed by atoms with van der Waals surface area (Å²) in [5.41, 5.74) is 10.1. The zero-order valence-corrected chi connectivity index (χ0v) is 62.9. The molecule has 3 saturated heterocycles. The van der Waals surface area contributed by atoms with Crippen LogP contribution in [0.25, 0.3) is 16.9 Å². The van der Waals surface area contributed by atoms with E-state index in [0.717, 1.165) is 89.2 Å². The number of hydrogen-bond donors (Lipinski definition) is 6. The summed E-state index contributed by atoms with van der Waals surface area (Å²) in [5.74, 6) is -4.69. The number of benzene rings is 6. The van der Waals surface area contributed by atoms with Crippen LogP contribution in [-0.4, -0.2) is 121 Å². The molecule has 3 aliphatic heterocycles. The Labute approximate surface area is 625 Å². The van der Waals surface area contributed by atoms with Crippen molar-refractivity contribution in [1.82, 2.24) is 70.0 Å². The summed E-state index contributed by atoms with van der Waals surface area (Å²) >= 11 is 8.29. The fraction of sp³-hybridized carbons (Fsp3) is 0.329. The lowest BCUT2D eigenvalue weighted by atomic mass is 9.97. The van der Waals surface area contributed by atoms with E-state index >= 15 is 0 Å². The van der Waals surface area contributed by atoms with Gasteiger partial charge in [0.25, 0.3) is 25.8 Å². The SMILES string of the molecule is C.CC1CN(Cc2ccccc2)CC1c1nnc(CN)c(=O)[nH]1.Cc1cc(F)c(F)cc1-c1ncc2c(=O)[nH]c(C3CN(Cc4ccccc4)CC3C)nn12.Cc1cc(F)c(F)cc1C(=O)NCc1nnc(C2CN(Cc3ccccc3)CC2C)[nH]c1=O.Cc1cc(F)c(F)cc1C(=O)O.O=P(Br)(Br)Br. The summed E-state index contributed by atoms with van der Waals surface area (Å²) in [4.78, 5) is 79.9. The minimum absolute atomic E-state index is 0. The van der Waals surface area contributed by atoms with Crippen molar-refractivity contribution in [2.24, 2.45) is 23.5 Å². The van der Waals surface area contributed by atoms with Crippen LogP contribution in [0.4, 0.5) is 26.3 Å². The minimum Gasteiger partial charge on any atom is -0.478 e. The number of carboxylic acids is 1. The molecule has 6 aromatic carbocycles. The Bertz CT molecular complexity index is 4900. The third kappa shape index (κ3) is 22.2. The van der Waals surface area contributed by atoms with Gasteiger partial charge in [-0.15, -0.1) is 20.4 Å². The predicted molar refractivity (Wildman–Crippen MR) is 399 cm³/mol. The molecule has 0 saturated carbocycles. The van der Waals surface area contributed by atoms with Crippen LogP contribution in [0.2, 0.25) is 0 Å². The van der Waals surface area contributed by atoms with Crippen molar-refractivity contribution in [2.45, 2.75) is 99.4 Å². The standard InChI is InChI=1S/C24H25F2N5O2.C24H23F2N5O.C16H21N5O.C8H6F2O2.CH4.Br3OP/c1-14-8-19(25)20(26)9-17(14)23(32)27-10-21-24(33)28-22(30-29-21)18-13-31(11-15(18)2)12-16-6-4-3-5-7-16;1-14-8-19(25)20(26)9-17(14)23-27-10-21-24(32)28-22(29-31(21)23)18-13-30(11-15(18)2)12-16-6-4-3-5-7-16;1-11-8-21(9-12-5-3-2-4-6-12)10-13(11)15-18-16(22)14(7-17)19-20-15;1-4-2-6(9)7(10)3-5(4)8(11)12;;1-5(2,3)4/h3-9,15,18H,10-13H2,1-2H3,(H,27,32)(H,28,30,33);3-10,15,18H,11-13H2,1-2H3,(H,28,29,32);2-6,11,13H,7-10,17H2,1H3,(H,18,20,22);2-3H,1H3,(H,11,12);1H4;. The third-order valence-corrected chi connectivity index (χ3v) is 18.0. The minimum atomic E-state index is -2.20. The average Bonchev–Trinajstić information content (AvgIpc) is 1.68. The summed E-state index contributed by atoms with van der Waals surface area (Å²) in [7, 11) is 0. The molecule has 0 spiro atoms. The van der Waals surface area contributed by atoms with Crippen molar-refractivity contribution in [3.8, 4) is 11.4 Å². The number of carbonyl (C=O) groups excluding carboxylic acids is 1. The highest BCUT2D eigenvalue weighted by Crippen LogP contribution is 2.68. The maximum atomic E-state index is 13.9. The number of hydrogen-bond acceptors (Lipinski definition) is 16. The first-order chi connectivity index (χ1) is 49.4. The number of carbonyl (C=O) groups is 2. The number of nitrogens with two attached hydrogens (primary N) is 1. The molecule has 105 heavy (non-hydrogen) atoms. The molecule has 556 valence electrons. The quantitative estimate of drug-likeness (QED) is 0.0410. The zero-order chi connectivity index (χ0) is 75.3. The van der Waals surface area contributed by atoms with E-state index in [1.165, 1.54) is 41.3 Å². The van der Waals surface area contributed by atoms with Gasteiger partial charge in [0.15, 0.2) is 46.2 Å². The number of imidazole rings is 1. The van der Waals surface area contributed by atoms with Gasteiger partial charge in [0, 0.05) is 141 Å². The number of aryl methyl sites for hydroxylation is 3. The van der Waals surface area contributed by atoms with Crippen LogP contribution in [0.15, 0.2) is 148 Å². The smallest absolute Gasteiger partial charge is 0.336 e. The normalized spacial score (nSPS) is 17.9. The Hall–Kier alpha value is -8.68. The lowest BCUT2D eigenvalue weighted by Gasteiger charge is -2.16. The molecule has 0 bridgehead atoms. The highest BCUT2D eigenvalue weighted by Gasteiger charge is 2.36. The molecule has 10 aromatic rings. The Morgan fingerprint density at radius 2 is 0.914 bits per heavy atom. The van der Waals surface area contributed by atoms with E-state index in [4.69, 9.17) is 15.9 Å². The second-order valence-corrected chi connectivity index (χ2v) is 44.2. The third-order valence-electron chi connectivity index (χ3n) is 18.0. The largest absolute Gasteiger partial charge is 0.478 e. The van der Waals surface area contributed by atoms with Crippen molar-refractivity contribution in [3.05, 3.63) is 273 Å². The molecule has 22 nitrogen and oxygen atoms in total. The predicted octanol–water partition coefficient (Wildman–Crippen LogP) is 13.6. The van der Waals surface area contributed by atoms with Crippen LogP contribution in [0.3, 0.4) is 0 Å². The summed E-state index contributed by atoms with van der Waals surface area (Å²) in [6.45, 7) is 18.7. The molecule has 6 unspecified atom stereocenters. The summed E-state index contributed by atoms with van der Waals surface area (Å²) in [5, 5.41) is 32.1. The Kier molecular flexibility index (Phi) is 28.9. The number of rotatable bonds is 15. The number of nitrogens with one attached hydrogen (secondary N) is 4. The maximum Gasteiger partial charge on any atom is 0.336 e. The molecular formula is C73H79Br3F6N15O7P. The topological polar surface area (TPSA) is 300 Å². The van der Waals surface area contributed by atoms with Crippen LogP contribution in [-0.2, 0) is 37.3 Å². The summed E-state index contributed by atoms with van der Waals surface area (Å²) < 4.78 is 88.4. The van der Waals surface area contributed by atoms with Crippen molar-refractivity contribution in [2.75, 3.05) is 39.3 Å². The van der Waals surface area contributed by atoms with Gasteiger partial charge in [-0.3, -0.25) is 38.4 Å². The van der Waals surface area contributed by atoms with Crippen molar-refractivity contribution in [3.63, 3.8) is 0 Å². The van der Waals surface area contributed by atoms with Crippen LogP contribution in [0, 0.1) is 73.4 Å². The van der Waals surface area contributed by atoms with E-state index in [1.807, 2.05) is 42.5 Å². The van der Waals surface area contributed by atoms with Gasteiger partial charge >= 0.3 is 5.97 Å². The second kappa shape index (κ2) is 37.0. The lowest BCUT2D eigenvalue weighted by Crippen LogP contribution is -2.30. The zero-order valence-electron chi connectivity index (χ0n) is 57.2. The van der Waals surface area contributed by atoms with Crippen LogP contribution >= 0.6 is 49.7 Å². The number of aromatic nitrogens is 10. The van der Waals surface area contributed by atoms with Gasteiger partial charge in [-0.25, -0.2) is 40.6 Å². The first kappa shape index (κ1) is 82.0. The highest BCUT2D eigenvalue weighted by molar-refractivity contribution is 9.94. The summed E-state index contributed by atoms with van der Waals surface area (Å²) in [6, 6.07) is 36.4. The van der Waals surface area contributed by atoms with Gasteiger partial charge in [0.1, 0.15) is 28.9 Å². The van der Waals surface area contributed by atoms with Gasteiger partial charge < -0.3 is 31.1 Å². The molecule has 32 heteroatoms. The van der Waals surface area contributed by atoms with Crippen LogP contribution in [0.5, 0.6) is 0 Å². The van der Waals surface area contributed by atoms with E-state index in [0.29, 0.717) is 52.3 Å². The molecule has 1 amide bonds. The van der Waals surface area contributed by atoms with Crippen molar-refractivity contribution in [1.29, 1.82) is 0 Å². The summed E-state index contributed by atoms with van der Waals surface area (Å²) in [6.07, 6.45) is 1.41. The highest BCUT2D eigenvalue weighted by atomic mass is 80.0. The molecular weight excluding hydrogens is 1580 g/mol. The Balaban J connectivity index is 0.000000181. The number of amides is 1. The number of fused-ring (bicyclic) bond motifs is 1. The number of carboxylic acid groups (broad SMARTS) is 1. The van der Waals surface area contributed by atoms with E-state index in [2.05, 4.69) is 176 Å². The van der Waals surface area contributed by atoms with Gasteiger partial charge in [-0.2, -0.15) is 5.10 Å². The molecule has 7 N–H and O–H groups in total. The average molecular weight is 1660 g/mol.